The van der Waals surface area contributed by atoms with E-state index in [1.165, 1.54) is 135 Å². The Labute approximate surface area is 491 Å². The van der Waals surface area contributed by atoms with Gasteiger partial charge < -0.3 is 89.9 Å². The normalized spacial score (nSPS) is 29.8. The van der Waals surface area contributed by atoms with Crippen molar-refractivity contribution < 1.29 is 89.4 Å². The van der Waals surface area contributed by atoms with E-state index in [4.69, 9.17) is 28.4 Å². The second-order valence-electron chi connectivity index (χ2n) is 23.2. The minimum atomic E-state index is -1.98. The van der Waals surface area contributed by atoms with Crippen LogP contribution < -0.4 is 5.32 Å². The predicted molar refractivity (Wildman–Crippen MR) is 314 cm³/mol. The smallest absolute Gasteiger partial charge is 0.220 e. The summed E-state index contributed by atoms with van der Waals surface area (Å²) in [4.78, 5) is 13.4. The van der Waals surface area contributed by atoms with E-state index in [1.807, 2.05) is 6.08 Å². The number of nitrogens with one attached hydrogen (secondary N) is 1. The van der Waals surface area contributed by atoms with Crippen molar-refractivity contribution in [3.8, 4) is 0 Å². The number of allylic oxidation sites excluding steroid dienone is 5. The minimum Gasteiger partial charge on any atom is -0.394 e. The molecule has 0 aromatic heterocycles. The fraction of sp³-hybridized carbons (Fsp3) is 0.889. The van der Waals surface area contributed by atoms with Crippen molar-refractivity contribution in [1.29, 1.82) is 0 Å². The molecule has 3 heterocycles. The number of hydrogen-bond acceptors (Lipinski definition) is 18. The summed E-state index contributed by atoms with van der Waals surface area (Å²) in [5.41, 5.74) is 0. The number of rotatable bonds is 48. The summed E-state index contributed by atoms with van der Waals surface area (Å²) >= 11 is 0. The van der Waals surface area contributed by atoms with Crippen molar-refractivity contribution in [2.75, 3.05) is 26.4 Å². The first-order valence-corrected chi connectivity index (χ1v) is 32.2. The molecular weight excluding hydrogens is 1060 g/mol. The summed E-state index contributed by atoms with van der Waals surface area (Å²) in [6, 6.07) is -0.975. The molecule has 3 saturated heterocycles. The third-order valence-corrected chi connectivity index (χ3v) is 16.2. The molecule has 0 aromatic carbocycles. The highest BCUT2D eigenvalue weighted by Gasteiger charge is 2.53. The molecule has 3 rings (SSSR count). The van der Waals surface area contributed by atoms with Gasteiger partial charge in [-0.15, -0.1) is 0 Å². The van der Waals surface area contributed by atoms with Crippen LogP contribution in [-0.4, -0.2) is 193 Å². The zero-order valence-corrected chi connectivity index (χ0v) is 50.2. The third-order valence-electron chi connectivity index (χ3n) is 16.2. The molecule has 0 spiro atoms. The molecule has 19 nitrogen and oxygen atoms in total. The molecule has 0 saturated carbocycles. The van der Waals surface area contributed by atoms with Gasteiger partial charge >= 0.3 is 0 Å². The van der Waals surface area contributed by atoms with Crippen molar-refractivity contribution in [3.63, 3.8) is 0 Å². The van der Waals surface area contributed by atoms with Crippen molar-refractivity contribution in [2.45, 2.75) is 330 Å². The molecule has 0 aromatic rings. The SMILES string of the molecule is CCCCC/C=C\C/C=C\CCCCCCCCCCCC(=O)NC(COC1OC(CO)C(OC2OC(CO)C(OC3OC(CO)C(O)C(O)C3O)C(O)C2O)C(O)C1O)C(O)/C=C/CCCCCCCCCCCCCCCCCC. The van der Waals surface area contributed by atoms with E-state index in [9.17, 15) is 61.0 Å². The molecule has 1 amide bonds. The minimum absolute atomic E-state index is 0.239. The number of aliphatic hydroxyl groups excluding tert-OH is 11. The summed E-state index contributed by atoms with van der Waals surface area (Å²) in [7, 11) is 0. The van der Waals surface area contributed by atoms with Crippen LogP contribution in [-0.2, 0) is 33.2 Å². The molecule has 0 radical (unpaired) electrons. The van der Waals surface area contributed by atoms with Gasteiger partial charge in [0.15, 0.2) is 18.9 Å². The van der Waals surface area contributed by atoms with Crippen molar-refractivity contribution in [1.82, 2.24) is 5.32 Å². The highest BCUT2D eigenvalue weighted by molar-refractivity contribution is 5.76. The van der Waals surface area contributed by atoms with E-state index in [0.717, 1.165) is 64.2 Å². The Morgan fingerprint density at radius 2 is 0.805 bits per heavy atom. The number of unbranched alkanes of at least 4 members (excludes halogenated alkanes) is 28. The lowest BCUT2D eigenvalue weighted by molar-refractivity contribution is -0.379. The molecule has 17 unspecified atom stereocenters. The number of ether oxygens (including phenoxy) is 6. The summed E-state index contributed by atoms with van der Waals surface area (Å²) in [5, 5.41) is 120. The van der Waals surface area contributed by atoms with Gasteiger partial charge in [0.1, 0.15) is 73.2 Å². The topological polar surface area (TPSA) is 307 Å². The van der Waals surface area contributed by atoms with E-state index < -0.39 is 124 Å². The van der Waals surface area contributed by atoms with Crippen LogP contribution in [0.5, 0.6) is 0 Å². The molecule has 19 heteroatoms. The van der Waals surface area contributed by atoms with Crippen LogP contribution in [0.3, 0.4) is 0 Å². The lowest BCUT2D eigenvalue weighted by Crippen LogP contribution is -2.66. The molecule has 480 valence electrons. The lowest BCUT2D eigenvalue weighted by Gasteiger charge is -2.48. The summed E-state index contributed by atoms with van der Waals surface area (Å²) in [6.45, 7) is 1.71. The van der Waals surface area contributed by atoms with Gasteiger partial charge in [0.05, 0.1) is 38.6 Å². The van der Waals surface area contributed by atoms with E-state index in [1.54, 1.807) is 6.08 Å². The van der Waals surface area contributed by atoms with Crippen molar-refractivity contribution in [2.24, 2.45) is 0 Å². The van der Waals surface area contributed by atoms with Gasteiger partial charge in [-0.1, -0.05) is 204 Å². The van der Waals surface area contributed by atoms with E-state index >= 15 is 0 Å². The Kier molecular flexibility index (Phi) is 41.8. The van der Waals surface area contributed by atoms with Gasteiger partial charge in [-0.25, -0.2) is 0 Å². The fourth-order valence-corrected chi connectivity index (χ4v) is 10.9. The number of carbonyl (C=O) groups is 1. The summed E-state index contributed by atoms with van der Waals surface area (Å²) in [6.07, 6.45) is 23.9. The van der Waals surface area contributed by atoms with Gasteiger partial charge in [-0.2, -0.15) is 0 Å². The number of aliphatic hydroxyl groups is 11. The molecule has 0 bridgehead atoms. The Balaban J connectivity index is 1.48. The zero-order valence-electron chi connectivity index (χ0n) is 50.2. The second kappa shape index (κ2) is 46.2. The van der Waals surface area contributed by atoms with Crippen LogP contribution in [0.4, 0.5) is 0 Å². The van der Waals surface area contributed by atoms with Gasteiger partial charge in [0.25, 0.3) is 0 Å². The quantitative estimate of drug-likeness (QED) is 0.0218. The van der Waals surface area contributed by atoms with Gasteiger partial charge in [-0.05, 0) is 51.4 Å². The molecule has 17 atom stereocenters. The number of carbonyl (C=O) groups excluding carboxylic acids is 1. The Morgan fingerprint density at radius 3 is 1.27 bits per heavy atom. The van der Waals surface area contributed by atoms with Crippen LogP contribution in [0, 0.1) is 0 Å². The molecule has 12 N–H and O–H groups in total. The van der Waals surface area contributed by atoms with Crippen molar-refractivity contribution in [3.05, 3.63) is 36.5 Å². The first-order valence-electron chi connectivity index (χ1n) is 32.2. The highest BCUT2D eigenvalue weighted by Crippen LogP contribution is 2.33. The Bertz CT molecular complexity index is 1640. The first kappa shape index (κ1) is 74.3. The van der Waals surface area contributed by atoms with Crippen LogP contribution in [0.15, 0.2) is 36.5 Å². The monoisotopic (exact) mass is 1170 g/mol. The maximum absolute atomic E-state index is 13.4. The molecule has 3 fully saturated rings. The van der Waals surface area contributed by atoms with Crippen LogP contribution >= 0.6 is 0 Å². The predicted octanol–water partition coefficient (Wildman–Crippen LogP) is 6.88. The zero-order chi connectivity index (χ0) is 59.7. The van der Waals surface area contributed by atoms with Crippen LogP contribution in [0.1, 0.15) is 226 Å². The average Bonchev–Trinajstić information content (AvgIpc) is 3.39. The van der Waals surface area contributed by atoms with E-state index in [0.29, 0.717) is 6.42 Å². The molecular formula is C63H115NO18. The Hall–Kier alpha value is -1.99. The number of hydrogen-bond donors (Lipinski definition) is 12. The standard InChI is InChI=1S/C63H115NO18/c1-3-5-7-9-11-13-15-17-19-21-23-25-27-29-31-33-35-37-39-41-51(69)64-46(47(68)40-38-36-34-32-30-28-26-24-22-20-18-16-14-12-10-8-6-4-2)45-77-61-57(75)54(72)59(49(43-66)79-61)82-63-58(76)55(73)60(50(44-67)80-63)81-62-56(74)53(71)52(70)48(42-65)78-62/h11,13,17,19,38,40,46-50,52-63,65-68,70-76H,3-10,12,14-16,18,20-37,39,41-45H2,1-2H3,(H,64,69)/b13-11-,19-17-,40-38+. The molecule has 82 heavy (non-hydrogen) atoms. The third kappa shape index (κ3) is 29.1. The van der Waals surface area contributed by atoms with Crippen LogP contribution in [0.2, 0.25) is 0 Å². The van der Waals surface area contributed by atoms with Crippen LogP contribution in [0.25, 0.3) is 0 Å². The molecule has 3 aliphatic rings. The Morgan fingerprint density at radius 1 is 0.439 bits per heavy atom. The summed E-state index contributed by atoms with van der Waals surface area (Å²) in [5.74, 6) is -0.280. The molecule has 0 aliphatic carbocycles. The van der Waals surface area contributed by atoms with Crippen molar-refractivity contribution >= 4 is 5.91 Å². The fourth-order valence-electron chi connectivity index (χ4n) is 10.9. The maximum Gasteiger partial charge on any atom is 0.220 e. The van der Waals surface area contributed by atoms with Gasteiger partial charge in [0, 0.05) is 6.42 Å². The lowest BCUT2D eigenvalue weighted by atomic mass is 9.96. The number of amides is 1. The maximum atomic E-state index is 13.4. The first-order chi connectivity index (χ1) is 39.8. The van der Waals surface area contributed by atoms with Gasteiger partial charge in [0.2, 0.25) is 5.91 Å². The summed E-state index contributed by atoms with van der Waals surface area (Å²) < 4.78 is 34.3. The largest absolute Gasteiger partial charge is 0.394 e. The highest BCUT2D eigenvalue weighted by atomic mass is 16.8. The second-order valence-corrected chi connectivity index (χ2v) is 23.2. The molecule has 3 aliphatic heterocycles. The van der Waals surface area contributed by atoms with Gasteiger partial charge in [-0.3, -0.25) is 4.79 Å². The van der Waals surface area contributed by atoms with E-state index in [-0.39, 0.29) is 18.9 Å². The average molecular weight is 1170 g/mol. The van der Waals surface area contributed by atoms with E-state index in [2.05, 4.69) is 43.5 Å².